The Morgan fingerprint density at radius 3 is 2.55 bits per heavy atom. The molecule has 0 spiro atoms. The van der Waals surface area contributed by atoms with E-state index in [0.29, 0.717) is 11.1 Å². The molecular weight excluding hydrogens is 261 g/mol. The first-order valence-corrected chi connectivity index (χ1v) is 5.37. The van der Waals surface area contributed by atoms with Crippen LogP contribution in [0.3, 0.4) is 0 Å². The zero-order valence-corrected chi connectivity index (χ0v) is 10.2. The van der Waals surface area contributed by atoms with Crippen LogP contribution in [0.15, 0.2) is 27.9 Å². The SMILES string of the molecule is Cc1noc2cc(F)c(NC(C#N)=C(C#N)C#N)cc12. The number of halogens is 1. The summed E-state index contributed by atoms with van der Waals surface area (Å²) in [6.07, 6.45) is 0. The summed E-state index contributed by atoms with van der Waals surface area (Å²) in [7, 11) is 0. The van der Waals surface area contributed by atoms with Crippen LogP contribution < -0.4 is 5.32 Å². The average molecular weight is 267 g/mol. The van der Waals surface area contributed by atoms with Crippen molar-refractivity contribution >= 4 is 16.7 Å². The Kier molecular flexibility index (Phi) is 3.33. The Morgan fingerprint density at radius 1 is 1.25 bits per heavy atom. The number of rotatable bonds is 2. The number of fused-ring (bicyclic) bond motifs is 1. The van der Waals surface area contributed by atoms with Crippen molar-refractivity contribution in [3.8, 4) is 18.2 Å². The first-order chi connectivity index (χ1) is 9.60. The van der Waals surface area contributed by atoms with Crippen LogP contribution in [0.25, 0.3) is 11.0 Å². The van der Waals surface area contributed by atoms with Gasteiger partial charge in [-0.25, -0.2) is 4.39 Å². The Morgan fingerprint density at radius 2 is 1.95 bits per heavy atom. The smallest absolute Gasteiger partial charge is 0.170 e. The molecular formula is C13H6FN5O. The number of anilines is 1. The fourth-order valence-corrected chi connectivity index (χ4v) is 1.59. The van der Waals surface area contributed by atoms with E-state index in [1.165, 1.54) is 6.07 Å². The zero-order valence-electron chi connectivity index (χ0n) is 10.2. The predicted octanol–water partition coefficient (Wildman–Crippen LogP) is 2.51. The largest absolute Gasteiger partial charge is 0.356 e. The van der Waals surface area contributed by atoms with Crippen LogP contribution in [-0.2, 0) is 0 Å². The minimum Gasteiger partial charge on any atom is -0.356 e. The molecule has 0 aliphatic heterocycles. The number of aromatic nitrogens is 1. The summed E-state index contributed by atoms with van der Waals surface area (Å²) in [5.74, 6) is -0.684. The molecule has 2 rings (SSSR count). The second-order valence-electron chi connectivity index (χ2n) is 3.81. The monoisotopic (exact) mass is 267 g/mol. The Balaban J connectivity index is 2.55. The van der Waals surface area contributed by atoms with Gasteiger partial charge < -0.3 is 9.84 Å². The molecule has 0 aliphatic rings. The van der Waals surface area contributed by atoms with E-state index in [9.17, 15) is 4.39 Å². The molecule has 0 saturated heterocycles. The van der Waals surface area contributed by atoms with Crippen LogP contribution in [0.1, 0.15) is 5.69 Å². The van der Waals surface area contributed by atoms with E-state index in [1.54, 1.807) is 25.1 Å². The van der Waals surface area contributed by atoms with E-state index in [4.69, 9.17) is 20.3 Å². The van der Waals surface area contributed by atoms with E-state index in [2.05, 4.69) is 10.5 Å². The molecule has 20 heavy (non-hydrogen) atoms. The lowest BCUT2D eigenvalue weighted by Gasteiger charge is -2.05. The van der Waals surface area contributed by atoms with Gasteiger partial charge in [0.15, 0.2) is 17.0 Å². The van der Waals surface area contributed by atoms with Gasteiger partial charge >= 0.3 is 0 Å². The summed E-state index contributed by atoms with van der Waals surface area (Å²) in [5, 5.41) is 33.0. The highest BCUT2D eigenvalue weighted by Crippen LogP contribution is 2.26. The molecule has 1 heterocycles. The molecule has 0 atom stereocenters. The van der Waals surface area contributed by atoms with E-state index >= 15 is 0 Å². The van der Waals surface area contributed by atoms with Crippen molar-refractivity contribution in [3.05, 3.63) is 34.9 Å². The first-order valence-electron chi connectivity index (χ1n) is 5.37. The van der Waals surface area contributed by atoms with Crippen molar-refractivity contribution in [2.75, 3.05) is 5.32 Å². The van der Waals surface area contributed by atoms with Gasteiger partial charge in [-0.3, -0.25) is 0 Å². The molecule has 1 aromatic carbocycles. The number of allylic oxidation sites excluding steroid dienone is 2. The zero-order chi connectivity index (χ0) is 14.7. The van der Waals surface area contributed by atoms with Crippen LogP contribution >= 0.6 is 0 Å². The fraction of sp³-hybridized carbons (Fsp3) is 0.0769. The molecule has 0 bridgehead atoms. The lowest BCUT2D eigenvalue weighted by atomic mass is 10.1. The number of hydrogen-bond donors (Lipinski definition) is 1. The number of nitrogens with zero attached hydrogens (tertiary/aromatic N) is 4. The molecule has 0 fully saturated rings. The normalized spacial score (nSPS) is 9.35. The Hall–Kier alpha value is -3.37. The molecule has 1 aromatic heterocycles. The molecule has 0 saturated carbocycles. The molecule has 2 aromatic rings. The fourth-order valence-electron chi connectivity index (χ4n) is 1.59. The minimum absolute atomic E-state index is 0.0386. The topological polar surface area (TPSA) is 109 Å². The van der Waals surface area contributed by atoms with Gasteiger partial charge in [-0.15, -0.1) is 0 Å². The summed E-state index contributed by atoms with van der Waals surface area (Å²) < 4.78 is 18.8. The van der Waals surface area contributed by atoms with Crippen LogP contribution in [0, 0.1) is 46.7 Å². The predicted molar refractivity (Wildman–Crippen MR) is 66.2 cm³/mol. The van der Waals surface area contributed by atoms with Gasteiger partial charge in [-0.05, 0) is 13.0 Å². The summed E-state index contributed by atoms with van der Waals surface area (Å²) in [6.45, 7) is 1.69. The third kappa shape index (κ3) is 2.14. The quantitative estimate of drug-likeness (QED) is 0.837. The molecule has 0 radical (unpaired) electrons. The number of aryl methyl sites for hydroxylation is 1. The third-order valence-electron chi connectivity index (χ3n) is 2.59. The highest BCUT2D eigenvalue weighted by Gasteiger charge is 2.13. The molecule has 0 aliphatic carbocycles. The van der Waals surface area contributed by atoms with Crippen molar-refractivity contribution < 1.29 is 8.91 Å². The summed E-state index contributed by atoms with van der Waals surface area (Å²) in [5.41, 5.74) is 0.0555. The summed E-state index contributed by atoms with van der Waals surface area (Å²) in [4.78, 5) is 0. The van der Waals surface area contributed by atoms with Crippen molar-refractivity contribution in [2.45, 2.75) is 6.92 Å². The van der Waals surface area contributed by atoms with Gasteiger partial charge in [-0.1, -0.05) is 5.16 Å². The molecule has 1 N–H and O–H groups in total. The van der Waals surface area contributed by atoms with Gasteiger partial charge in [0, 0.05) is 11.5 Å². The van der Waals surface area contributed by atoms with Crippen LogP contribution in [0.4, 0.5) is 10.1 Å². The molecule has 0 unspecified atom stereocenters. The highest BCUT2D eigenvalue weighted by atomic mass is 19.1. The van der Waals surface area contributed by atoms with Gasteiger partial charge in [-0.2, -0.15) is 15.8 Å². The van der Waals surface area contributed by atoms with E-state index in [1.807, 2.05) is 0 Å². The summed E-state index contributed by atoms with van der Waals surface area (Å²) in [6, 6.07) is 7.31. The lowest BCUT2D eigenvalue weighted by molar-refractivity contribution is 0.449. The number of nitrogens with one attached hydrogen (secondary N) is 1. The van der Waals surface area contributed by atoms with Crippen molar-refractivity contribution in [1.82, 2.24) is 5.16 Å². The first kappa shape index (κ1) is 13.1. The maximum absolute atomic E-state index is 13.8. The third-order valence-corrected chi connectivity index (χ3v) is 2.59. The minimum atomic E-state index is -0.684. The molecule has 0 amide bonds. The number of nitriles is 3. The van der Waals surface area contributed by atoms with Crippen molar-refractivity contribution in [1.29, 1.82) is 15.8 Å². The van der Waals surface area contributed by atoms with E-state index in [0.717, 1.165) is 6.07 Å². The Bertz CT molecular complexity index is 828. The second-order valence-corrected chi connectivity index (χ2v) is 3.81. The highest BCUT2D eigenvalue weighted by molar-refractivity contribution is 5.84. The molecule has 7 heteroatoms. The van der Waals surface area contributed by atoms with E-state index < -0.39 is 11.4 Å². The van der Waals surface area contributed by atoms with Gasteiger partial charge in [0.05, 0.1) is 11.4 Å². The lowest BCUT2D eigenvalue weighted by Crippen LogP contribution is -2.02. The van der Waals surface area contributed by atoms with Crippen LogP contribution in [-0.4, -0.2) is 5.16 Å². The second kappa shape index (κ2) is 5.09. The van der Waals surface area contributed by atoms with Crippen LogP contribution in [0.2, 0.25) is 0 Å². The maximum atomic E-state index is 13.8. The molecule has 96 valence electrons. The van der Waals surface area contributed by atoms with Gasteiger partial charge in [0.2, 0.25) is 0 Å². The standard InChI is InChI=1S/C13H6FN5O/c1-7-9-2-11(10(14)3-13(9)20-19-7)18-12(6-17)8(4-15)5-16/h2-3,18H,1H3. The van der Waals surface area contributed by atoms with E-state index in [-0.39, 0.29) is 17.0 Å². The molecule has 6 nitrogen and oxygen atoms in total. The maximum Gasteiger partial charge on any atom is 0.170 e. The Labute approximate surface area is 112 Å². The van der Waals surface area contributed by atoms with Gasteiger partial charge in [0.25, 0.3) is 0 Å². The number of benzene rings is 1. The van der Waals surface area contributed by atoms with Crippen molar-refractivity contribution in [2.24, 2.45) is 0 Å². The summed E-state index contributed by atoms with van der Waals surface area (Å²) >= 11 is 0. The number of hydrogen-bond acceptors (Lipinski definition) is 6. The van der Waals surface area contributed by atoms with Crippen LogP contribution in [0.5, 0.6) is 0 Å². The average Bonchev–Trinajstić information content (AvgIpc) is 2.80. The van der Waals surface area contributed by atoms with Crippen molar-refractivity contribution in [3.63, 3.8) is 0 Å². The van der Waals surface area contributed by atoms with Gasteiger partial charge in [0.1, 0.15) is 23.9 Å².